The molecule has 1 amide bonds. The lowest BCUT2D eigenvalue weighted by Crippen LogP contribution is -2.26. The zero-order valence-corrected chi connectivity index (χ0v) is 15.5. The maximum absolute atomic E-state index is 14.2. The average molecular weight is 374 g/mol. The van der Waals surface area contributed by atoms with Crippen LogP contribution < -0.4 is 10.8 Å². The summed E-state index contributed by atoms with van der Waals surface area (Å²) in [6, 6.07) is 6.48. The van der Waals surface area contributed by atoms with Crippen LogP contribution in [0, 0.1) is 12.7 Å². The van der Waals surface area contributed by atoms with Crippen molar-refractivity contribution in [2.24, 2.45) is 0 Å². The van der Waals surface area contributed by atoms with Crippen LogP contribution in [0.5, 0.6) is 0 Å². The highest BCUT2D eigenvalue weighted by atomic mass is 19.1. The van der Waals surface area contributed by atoms with E-state index in [1.54, 1.807) is 37.5 Å². The summed E-state index contributed by atoms with van der Waals surface area (Å²) in [6.45, 7) is 5.53. The van der Waals surface area contributed by atoms with Gasteiger partial charge in [-0.1, -0.05) is 19.9 Å². The summed E-state index contributed by atoms with van der Waals surface area (Å²) >= 11 is 0. The van der Waals surface area contributed by atoms with Crippen LogP contribution >= 0.6 is 0 Å². The van der Waals surface area contributed by atoms with Gasteiger partial charge in [0.15, 0.2) is 0 Å². The van der Waals surface area contributed by atoms with E-state index < -0.39 is 11.7 Å². The van der Waals surface area contributed by atoms with Gasteiger partial charge >= 0.3 is 0 Å². The molecule has 0 aliphatic heterocycles. The molecule has 1 aromatic carbocycles. The number of pyridine rings is 1. The van der Waals surface area contributed by atoms with Gasteiger partial charge in [-0.25, -0.2) is 9.87 Å². The molecule has 4 N–H and O–H groups in total. The Morgan fingerprint density at radius 3 is 2.81 bits per heavy atom. The van der Waals surface area contributed by atoms with Crippen molar-refractivity contribution in [3.8, 4) is 0 Å². The first-order chi connectivity index (χ1) is 13.1. The number of fused-ring (bicyclic) bond motifs is 1. The largest absolute Gasteiger partial charge is 0.394 e. The van der Waals surface area contributed by atoms with E-state index in [1.165, 1.54) is 6.07 Å². The topological polar surface area (TPSA) is 99.3 Å². The molecule has 2 aromatic heterocycles. The molecule has 8 heteroatoms. The van der Waals surface area contributed by atoms with E-state index in [0.717, 1.165) is 5.56 Å². The highest BCUT2D eigenvalue weighted by Crippen LogP contribution is 2.31. The van der Waals surface area contributed by atoms with E-state index in [1.807, 2.05) is 13.8 Å². The number of benzene rings is 1. The maximum atomic E-state index is 14.2. The molecular formula is C19H23FN4O3. The van der Waals surface area contributed by atoms with Crippen molar-refractivity contribution in [3.05, 3.63) is 53.7 Å². The molecule has 0 saturated heterocycles. The summed E-state index contributed by atoms with van der Waals surface area (Å²) in [5.41, 5.74) is 4.47. The molecule has 0 aliphatic carbocycles. The fourth-order valence-corrected chi connectivity index (χ4v) is 2.40. The van der Waals surface area contributed by atoms with Gasteiger partial charge in [0.25, 0.3) is 5.91 Å². The lowest BCUT2D eigenvalue weighted by molar-refractivity contribution is 0.0166. The molecule has 0 saturated carbocycles. The van der Waals surface area contributed by atoms with Crippen LogP contribution in [0.2, 0.25) is 0 Å². The smallest absolute Gasteiger partial charge is 0.293 e. The van der Waals surface area contributed by atoms with Crippen molar-refractivity contribution in [3.63, 3.8) is 0 Å². The first kappa shape index (κ1) is 20.3. The first-order valence-electron chi connectivity index (χ1n) is 8.62. The van der Waals surface area contributed by atoms with Gasteiger partial charge in [-0.3, -0.25) is 14.6 Å². The number of carbonyl (C=O) groups is 1. The lowest BCUT2D eigenvalue weighted by atomic mass is 10.2. The summed E-state index contributed by atoms with van der Waals surface area (Å²) in [5, 5.41) is 12.3. The number of nitrogens with one attached hydrogen (secondary N) is 3. The van der Waals surface area contributed by atoms with E-state index in [-0.39, 0.29) is 24.6 Å². The number of carbonyl (C=O) groups excluding carboxylic acids is 1. The Hall–Kier alpha value is -2.97. The van der Waals surface area contributed by atoms with Gasteiger partial charge in [0.05, 0.1) is 30.1 Å². The number of aliphatic hydroxyl groups excluding tert-OH is 1. The Morgan fingerprint density at radius 2 is 2.11 bits per heavy atom. The maximum Gasteiger partial charge on any atom is 0.293 e. The van der Waals surface area contributed by atoms with Crippen LogP contribution in [-0.2, 0) is 4.84 Å². The van der Waals surface area contributed by atoms with E-state index in [2.05, 4.69) is 20.8 Å². The number of hydrogen-bond donors (Lipinski definition) is 4. The summed E-state index contributed by atoms with van der Waals surface area (Å²) in [4.78, 5) is 24.2. The number of aryl methyl sites for hydroxylation is 1. The van der Waals surface area contributed by atoms with Crippen LogP contribution in [-0.4, -0.2) is 34.2 Å². The standard InChI is InChI=1S/C17H17FN4O3.C2H6/c1-10-2-3-14(12(18)8-10)21-15-11-9-19-5-4-13(11)20-16(15)17(24)22-25-7-6-23;1-2/h2-5,8-9,20-21,23H,6-7H2,1H3,(H,22,24);1-2H3. The summed E-state index contributed by atoms with van der Waals surface area (Å²) < 4.78 is 14.2. The second-order valence-electron chi connectivity index (χ2n) is 5.41. The average Bonchev–Trinajstić information content (AvgIpc) is 3.04. The molecule has 3 rings (SSSR count). The third kappa shape index (κ3) is 4.81. The number of amides is 1. The molecule has 2 heterocycles. The molecule has 0 unspecified atom stereocenters. The molecule has 0 atom stereocenters. The number of halogens is 1. The summed E-state index contributed by atoms with van der Waals surface area (Å²) in [6.07, 6.45) is 3.16. The number of hydroxylamine groups is 1. The van der Waals surface area contributed by atoms with Crippen molar-refractivity contribution in [2.75, 3.05) is 18.5 Å². The molecule has 0 fully saturated rings. The van der Waals surface area contributed by atoms with Crippen molar-refractivity contribution < 1.29 is 19.1 Å². The Balaban J connectivity index is 0.00000126. The molecule has 0 aliphatic rings. The number of aliphatic hydroxyl groups is 1. The number of aromatic amines is 1. The Morgan fingerprint density at radius 1 is 1.33 bits per heavy atom. The fourth-order valence-electron chi connectivity index (χ4n) is 2.40. The van der Waals surface area contributed by atoms with Crippen molar-refractivity contribution in [1.82, 2.24) is 15.4 Å². The van der Waals surface area contributed by atoms with Crippen LogP contribution in [0.3, 0.4) is 0 Å². The molecule has 27 heavy (non-hydrogen) atoms. The Bertz CT molecular complexity index is 911. The number of aromatic nitrogens is 2. The molecule has 0 spiro atoms. The second-order valence-corrected chi connectivity index (χ2v) is 5.41. The number of nitrogens with zero attached hydrogens (tertiary/aromatic N) is 1. The van der Waals surface area contributed by atoms with Gasteiger partial charge in [0.1, 0.15) is 11.5 Å². The third-order valence-electron chi connectivity index (χ3n) is 3.57. The van der Waals surface area contributed by atoms with Crippen LogP contribution in [0.15, 0.2) is 36.7 Å². The number of rotatable bonds is 6. The minimum atomic E-state index is -0.556. The monoisotopic (exact) mass is 374 g/mol. The predicted octanol–water partition coefficient (Wildman–Crippen LogP) is 3.43. The predicted molar refractivity (Wildman–Crippen MR) is 102 cm³/mol. The van der Waals surface area contributed by atoms with E-state index in [0.29, 0.717) is 16.6 Å². The number of anilines is 2. The normalized spacial score (nSPS) is 10.3. The number of hydrogen-bond acceptors (Lipinski definition) is 5. The minimum Gasteiger partial charge on any atom is -0.394 e. The Kier molecular flexibility index (Phi) is 7.27. The number of H-pyrrole nitrogens is 1. The lowest BCUT2D eigenvalue weighted by Gasteiger charge is -2.10. The highest BCUT2D eigenvalue weighted by molar-refractivity contribution is 6.08. The van der Waals surface area contributed by atoms with Crippen molar-refractivity contribution >= 4 is 28.2 Å². The second kappa shape index (κ2) is 9.65. The zero-order chi connectivity index (χ0) is 19.8. The first-order valence-corrected chi connectivity index (χ1v) is 8.62. The van der Waals surface area contributed by atoms with Gasteiger partial charge in [-0.2, -0.15) is 0 Å². The minimum absolute atomic E-state index is 0.0388. The van der Waals surface area contributed by atoms with Crippen LogP contribution in [0.1, 0.15) is 29.9 Å². The summed E-state index contributed by atoms with van der Waals surface area (Å²) in [5.74, 6) is -0.985. The molecule has 0 bridgehead atoms. The van der Waals surface area contributed by atoms with Crippen molar-refractivity contribution in [1.29, 1.82) is 0 Å². The zero-order valence-electron chi connectivity index (χ0n) is 15.5. The molecule has 144 valence electrons. The Labute approximate surface area is 156 Å². The quantitative estimate of drug-likeness (QED) is 0.391. The fraction of sp³-hybridized carbons (Fsp3) is 0.263. The molecule has 7 nitrogen and oxygen atoms in total. The van der Waals surface area contributed by atoms with Crippen LogP contribution in [0.25, 0.3) is 10.9 Å². The van der Waals surface area contributed by atoms with E-state index >= 15 is 0 Å². The van der Waals surface area contributed by atoms with E-state index in [9.17, 15) is 9.18 Å². The summed E-state index contributed by atoms with van der Waals surface area (Å²) in [7, 11) is 0. The van der Waals surface area contributed by atoms with Gasteiger partial charge in [0, 0.05) is 17.8 Å². The van der Waals surface area contributed by atoms with Gasteiger partial charge in [-0.15, -0.1) is 0 Å². The van der Waals surface area contributed by atoms with Gasteiger partial charge < -0.3 is 15.4 Å². The van der Waals surface area contributed by atoms with Crippen LogP contribution in [0.4, 0.5) is 15.8 Å². The van der Waals surface area contributed by atoms with E-state index in [4.69, 9.17) is 9.94 Å². The van der Waals surface area contributed by atoms with Gasteiger partial charge in [-0.05, 0) is 30.7 Å². The SMILES string of the molecule is CC.Cc1ccc(Nc2c(C(=O)NOCCO)[nH]c3ccncc23)c(F)c1. The highest BCUT2D eigenvalue weighted by Gasteiger charge is 2.19. The van der Waals surface area contributed by atoms with Crippen molar-refractivity contribution in [2.45, 2.75) is 20.8 Å². The third-order valence-corrected chi connectivity index (χ3v) is 3.57. The van der Waals surface area contributed by atoms with Gasteiger partial charge in [0.2, 0.25) is 0 Å². The molecule has 0 radical (unpaired) electrons. The molecular weight excluding hydrogens is 351 g/mol. The molecule has 3 aromatic rings.